The summed E-state index contributed by atoms with van der Waals surface area (Å²) in [6, 6.07) is 6.06. The van der Waals surface area contributed by atoms with Crippen molar-refractivity contribution in [1.82, 2.24) is 0 Å². The molecule has 1 saturated heterocycles. The fourth-order valence-corrected chi connectivity index (χ4v) is 2.69. The second kappa shape index (κ2) is 5.16. The Balaban J connectivity index is 1.86. The van der Waals surface area contributed by atoms with E-state index in [-0.39, 0.29) is 6.10 Å². The Labute approximate surface area is 107 Å². The van der Waals surface area contributed by atoms with Crippen LogP contribution in [-0.4, -0.2) is 26.4 Å². The second-order valence-corrected chi connectivity index (χ2v) is 4.83. The lowest BCUT2D eigenvalue weighted by Crippen LogP contribution is -2.28. The van der Waals surface area contributed by atoms with Gasteiger partial charge >= 0.3 is 0 Å². The van der Waals surface area contributed by atoms with Gasteiger partial charge in [-0.2, -0.15) is 0 Å². The van der Waals surface area contributed by atoms with E-state index in [9.17, 15) is 0 Å². The summed E-state index contributed by atoms with van der Waals surface area (Å²) in [6.07, 6.45) is 2.33. The van der Waals surface area contributed by atoms with Crippen LogP contribution in [0.4, 0.5) is 0 Å². The van der Waals surface area contributed by atoms with Gasteiger partial charge in [-0.05, 0) is 37.1 Å². The van der Waals surface area contributed by atoms with Crippen LogP contribution in [0.25, 0.3) is 0 Å². The standard InChI is InChI=1S/C14H19NO3/c15-9-11-2-1-5-18-14(11)10-3-4-12-13(8-10)17-7-6-16-12/h3-4,8,11,14H,1-2,5-7,9,15H2. The smallest absolute Gasteiger partial charge is 0.161 e. The van der Waals surface area contributed by atoms with Crippen LogP contribution in [0.5, 0.6) is 11.5 Å². The Morgan fingerprint density at radius 1 is 1.11 bits per heavy atom. The van der Waals surface area contributed by atoms with E-state index in [1.807, 2.05) is 12.1 Å². The SMILES string of the molecule is NCC1CCCOC1c1ccc2c(c1)OCCO2. The number of ether oxygens (including phenoxy) is 3. The van der Waals surface area contributed by atoms with E-state index in [1.54, 1.807) is 0 Å². The molecular formula is C14H19NO3. The molecule has 1 aromatic rings. The molecule has 2 unspecified atom stereocenters. The summed E-state index contributed by atoms with van der Waals surface area (Å²) < 4.78 is 17.0. The Hall–Kier alpha value is -1.26. The van der Waals surface area contributed by atoms with E-state index in [2.05, 4.69) is 6.07 Å². The summed E-state index contributed by atoms with van der Waals surface area (Å²) in [5, 5.41) is 0. The molecule has 4 nitrogen and oxygen atoms in total. The van der Waals surface area contributed by atoms with Crippen molar-refractivity contribution in [1.29, 1.82) is 0 Å². The van der Waals surface area contributed by atoms with E-state index in [4.69, 9.17) is 19.9 Å². The van der Waals surface area contributed by atoms with Crippen LogP contribution in [0.3, 0.4) is 0 Å². The van der Waals surface area contributed by atoms with E-state index in [0.717, 1.165) is 36.5 Å². The monoisotopic (exact) mass is 249 g/mol. The molecule has 0 bridgehead atoms. The van der Waals surface area contributed by atoms with Crippen molar-refractivity contribution in [2.45, 2.75) is 18.9 Å². The zero-order valence-corrected chi connectivity index (χ0v) is 10.4. The molecule has 1 fully saturated rings. The molecule has 2 aliphatic rings. The van der Waals surface area contributed by atoms with Crippen LogP contribution in [-0.2, 0) is 4.74 Å². The van der Waals surface area contributed by atoms with Crippen molar-refractivity contribution in [2.24, 2.45) is 11.7 Å². The summed E-state index contributed by atoms with van der Waals surface area (Å²) in [7, 11) is 0. The fourth-order valence-electron chi connectivity index (χ4n) is 2.69. The first kappa shape index (κ1) is 11.8. The number of rotatable bonds is 2. The number of hydrogen-bond donors (Lipinski definition) is 1. The predicted octanol–water partition coefficient (Wildman–Crippen LogP) is 1.88. The highest BCUT2D eigenvalue weighted by Gasteiger charge is 2.27. The van der Waals surface area contributed by atoms with Crippen molar-refractivity contribution in [3.63, 3.8) is 0 Å². The molecular weight excluding hydrogens is 230 g/mol. The van der Waals surface area contributed by atoms with Gasteiger partial charge in [0.25, 0.3) is 0 Å². The molecule has 0 spiro atoms. The van der Waals surface area contributed by atoms with Gasteiger partial charge in [0, 0.05) is 12.5 Å². The third-order valence-corrected chi connectivity index (χ3v) is 3.64. The van der Waals surface area contributed by atoms with Gasteiger partial charge in [0.05, 0.1) is 6.10 Å². The molecule has 2 N–H and O–H groups in total. The Morgan fingerprint density at radius 2 is 1.94 bits per heavy atom. The minimum atomic E-state index is 0.0968. The molecule has 4 heteroatoms. The molecule has 98 valence electrons. The molecule has 0 radical (unpaired) electrons. The molecule has 0 saturated carbocycles. The molecule has 3 rings (SSSR count). The minimum Gasteiger partial charge on any atom is -0.486 e. The van der Waals surface area contributed by atoms with Gasteiger partial charge in [-0.15, -0.1) is 0 Å². The van der Waals surface area contributed by atoms with E-state index < -0.39 is 0 Å². The average molecular weight is 249 g/mol. The molecule has 18 heavy (non-hydrogen) atoms. The van der Waals surface area contributed by atoms with Crippen LogP contribution in [0.1, 0.15) is 24.5 Å². The first-order chi connectivity index (χ1) is 8.88. The van der Waals surface area contributed by atoms with Crippen LogP contribution in [0.15, 0.2) is 18.2 Å². The van der Waals surface area contributed by atoms with Crippen molar-refractivity contribution in [2.75, 3.05) is 26.4 Å². The van der Waals surface area contributed by atoms with Crippen molar-refractivity contribution in [3.8, 4) is 11.5 Å². The average Bonchev–Trinajstić information content (AvgIpc) is 2.46. The van der Waals surface area contributed by atoms with E-state index in [1.165, 1.54) is 0 Å². The third kappa shape index (κ3) is 2.18. The van der Waals surface area contributed by atoms with E-state index >= 15 is 0 Å². The quantitative estimate of drug-likeness (QED) is 0.869. The van der Waals surface area contributed by atoms with Gasteiger partial charge in [0.15, 0.2) is 11.5 Å². The molecule has 1 aromatic carbocycles. The molecule has 2 atom stereocenters. The van der Waals surface area contributed by atoms with Crippen molar-refractivity contribution in [3.05, 3.63) is 23.8 Å². The summed E-state index contributed by atoms with van der Waals surface area (Å²) in [6.45, 7) is 2.72. The summed E-state index contributed by atoms with van der Waals surface area (Å²) in [4.78, 5) is 0. The lowest BCUT2D eigenvalue weighted by molar-refractivity contribution is -0.0253. The highest BCUT2D eigenvalue weighted by Crippen LogP contribution is 2.38. The number of hydrogen-bond acceptors (Lipinski definition) is 4. The highest BCUT2D eigenvalue weighted by atomic mass is 16.6. The van der Waals surface area contributed by atoms with Gasteiger partial charge in [-0.25, -0.2) is 0 Å². The minimum absolute atomic E-state index is 0.0968. The second-order valence-electron chi connectivity index (χ2n) is 4.83. The lowest BCUT2D eigenvalue weighted by Gasteiger charge is -2.32. The number of benzene rings is 1. The van der Waals surface area contributed by atoms with Crippen LogP contribution in [0, 0.1) is 5.92 Å². The van der Waals surface area contributed by atoms with Gasteiger partial charge in [0.1, 0.15) is 13.2 Å². The molecule has 2 aliphatic heterocycles. The van der Waals surface area contributed by atoms with Crippen molar-refractivity contribution < 1.29 is 14.2 Å². The Bertz CT molecular complexity index is 422. The topological polar surface area (TPSA) is 53.7 Å². The van der Waals surface area contributed by atoms with Gasteiger partial charge in [-0.1, -0.05) is 6.07 Å². The first-order valence-corrected chi connectivity index (χ1v) is 6.59. The van der Waals surface area contributed by atoms with Crippen LogP contribution in [0.2, 0.25) is 0 Å². The number of nitrogens with two attached hydrogens (primary N) is 1. The molecule has 2 heterocycles. The lowest BCUT2D eigenvalue weighted by atomic mass is 9.89. The zero-order chi connectivity index (χ0) is 12.4. The summed E-state index contributed by atoms with van der Waals surface area (Å²) in [5.41, 5.74) is 6.98. The van der Waals surface area contributed by atoms with Gasteiger partial charge in [-0.3, -0.25) is 0 Å². The largest absolute Gasteiger partial charge is 0.486 e. The van der Waals surface area contributed by atoms with Crippen molar-refractivity contribution >= 4 is 0 Å². The van der Waals surface area contributed by atoms with Crippen LogP contribution >= 0.6 is 0 Å². The number of fused-ring (bicyclic) bond motifs is 1. The van der Waals surface area contributed by atoms with Gasteiger partial charge in [0.2, 0.25) is 0 Å². The maximum atomic E-state index is 5.88. The Kier molecular flexibility index (Phi) is 3.39. The van der Waals surface area contributed by atoms with Crippen LogP contribution < -0.4 is 15.2 Å². The zero-order valence-electron chi connectivity index (χ0n) is 10.4. The maximum absolute atomic E-state index is 5.88. The molecule has 0 aromatic heterocycles. The normalized spacial score (nSPS) is 26.9. The molecule has 0 amide bonds. The van der Waals surface area contributed by atoms with Gasteiger partial charge < -0.3 is 19.9 Å². The summed E-state index contributed by atoms with van der Waals surface area (Å²) in [5.74, 6) is 2.05. The highest BCUT2D eigenvalue weighted by molar-refractivity contribution is 5.44. The maximum Gasteiger partial charge on any atom is 0.161 e. The fraction of sp³-hybridized carbons (Fsp3) is 0.571. The Morgan fingerprint density at radius 3 is 2.78 bits per heavy atom. The van der Waals surface area contributed by atoms with E-state index in [0.29, 0.717) is 25.7 Å². The first-order valence-electron chi connectivity index (χ1n) is 6.59. The third-order valence-electron chi connectivity index (χ3n) is 3.64. The molecule has 0 aliphatic carbocycles. The predicted molar refractivity (Wildman–Crippen MR) is 67.9 cm³/mol. The summed E-state index contributed by atoms with van der Waals surface area (Å²) >= 11 is 0.